The Morgan fingerprint density at radius 3 is 3.00 bits per heavy atom. The lowest BCUT2D eigenvalue weighted by molar-refractivity contribution is -0.0329. The topological polar surface area (TPSA) is 74.9 Å². The van der Waals surface area contributed by atoms with Crippen LogP contribution in [0.5, 0.6) is 0 Å². The Kier molecular flexibility index (Phi) is 4.46. The molecule has 0 atom stereocenters. The normalized spacial score (nSPS) is 18.6. The highest BCUT2D eigenvalue weighted by Crippen LogP contribution is 2.27. The van der Waals surface area contributed by atoms with Gasteiger partial charge in [-0.05, 0) is 30.0 Å². The quantitative estimate of drug-likeness (QED) is 0.810. The number of rotatable bonds is 4. The van der Waals surface area contributed by atoms with Gasteiger partial charge in [-0.1, -0.05) is 6.08 Å². The van der Waals surface area contributed by atoms with Crippen molar-refractivity contribution >= 4 is 24.8 Å². The zero-order chi connectivity index (χ0) is 17.2. The van der Waals surface area contributed by atoms with Crippen LogP contribution in [0, 0.1) is 0 Å². The van der Waals surface area contributed by atoms with Crippen LogP contribution < -0.4 is 10.8 Å². The van der Waals surface area contributed by atoms with E-state index in [1.165, 1.54) is 5.06 Å². The first kappa shape index (κ1) is 16.2. The molecule has 1 saturated heterocycles. The Morgan fingerprint density at radius 2 is 2.20 bits per heavy atom. The van der Waals surface area contributed by atoms with Crippen molar-refractivity contribution in [2.45, 2.75) is 18.8 Å². The number of ether oxygens (including phenoxy) is 1. The molecule has 2 aromatic rings. The molecule has 128 valence electrons. The van der Waals surface area contributed by atoms with E-state index in [9.17, 15) is 5.21 Å². The number of allylic oxidation sites excluding steroid dienone is 2. The largest absolute Gasteiger partial charge is 0.381 e. The fourth-order valence-electron chi connectivity index (χ4n) is 3.24. The smallest absolute Gasteiger partial charge is 0.150 e. The van der Waals surface area contributed by atoms with Crippen molar-refractivity contribution < 1.29 is 9.94 Å². The number of hydroxylamine groups is 2. The van der Waals surface area contributed by atoms with Gasteiger partial charge in [-0.2, -0.15) is 9.61 Å². The minimum Gasteiger partial charge on any atom is -0.381 e. The lowest BCUT2D eigenvalue weighted by Gasteiger charge is -2.23. The molecule has 2 N–H and O–H groups in total. The van der Waals surface area contributed by atoms with E-state index in [2.05, 4.69) is 10.4 Å². The van der Waals surface area contributed by atoms with E-state index in [4.69, 9.17) is 17.6 Å². The molecular formula is C17H20BN5O2. The van der Waals surface area contributed by atoms with Gasteiger partial charge in [0.1, 0.15) is 19.3 Å². The SMILES string of the molecule is [B]c1cnn2c(NCC3=CC=CN(O)C3)cc(C3CCOCC3)nc12. The number of hydrogen-bond acceptors (Lipinski definition) is 6. The van der Waals surface area contributed by atoms with Crippen molar-refractivity contribution in [2.75, 3.05) is 31.6 Å². The molecule has 2 aromatic heterocycles. The highest BCUT2D eigenvalue weighted by atomic mass is 16.5. The van der Waals surface area contributed by atoms with Crippen molar-refractivity contribution in [1.82, 2.24) is 19.7 Å². The van der Waals surface area contributed by atoms with Gasteiger partial charge in [0.25, 0.3) is 0 Å². The van der Waals surface area contributed by atoms with Crippen LogP contribution in [0.4, 0.5) is 5.82 Å². The second kappa shape index (κ2) is 6.89. The second-order valence-corrected chi connectivity index (χ2v) is 6.41. The number of nitrogens with one attached hydrogen (secondary N) is 1. The molecule has 4 heterocycles. The standard InChI is InChI=1S/C17H20BN5O2/c18-14-10-20-23-16(19-9-12-2-1-5-22(24)11-12)8-15(21-17(14)23)13-3-6-25-7-4-13/h1-2,5,8,10,13,19,24H,3-4,6-7,9,11H2. The molecule has 7 nitrogen and oxygen atoms in total. The van der Waals surface area contributed by atoms with Crippen LogP contribution >= 0.6 is 0 Å². The van der Waals surface area contributed by atoms with Gasteiger partial charge in [0.2, 0.25) is 0 Å². The van der Waals surface area contributed by atoms with E-state index >= 15 is 0 Å². The Labute approximate surface area is 147 Å². The van der Waals surface area contributed by atoms with Gasteiger partial charge < -0.3 is 10.1 Å². The minimum absolute atomic E-state index is 0.373. The maximum Gasteiger partial charge on any atom is 0.150 e. The maximum absolute atomic E-state index is 9.59. The van der Waals surface area contributed by atoms with Crippen LogP contribution in [0.1, 0.15) is 24.5 Å². The van der Waals surface area contributed by atoms with E-state index < -0.39 is 0 Å². The molecule has 2 aliphatic heterocycles. The molecule has 0 spiro atoms. The molecule has 8 heteroatoms. The van der Waals surface area contributed by atoms with Crippen LogP contribution in [0.15, 0.2) is 36.2 Å². The third-order valence-electron chi connectivity index (χ3n) is 4.61. The first-order valence-electron chi connectivity index (χ1n) is 8.48. The van der Waals surface area contributed by atoms with Crippen molar-refractivity contribution in [3.05, 3.63) is 41.9 Å². The Balaban J connectivity index is 1.62. The monoisotopic (exact) mass is 337 g/mol. The summed E-state index contributed by atoms with van der Waals surface area (Å²) in [5, 5.41) is 18.5. The Hall–Kier alpha value is -2.32. The number of nitrogens with zero attached hydrogens (tertiary/aromatic N) is 4. The number of anilines is 1. The first-order chi connectivity index (χ1) is 12.2. The van der Waals surface area contributed by atoms with Gasteiger partial charge in [0.05, 0.1) is 6.54 Å². The summed E-state index contributed by atoms with van der Waals surface area (Å²) in [7, 11) is 6.04. The van der Waals surface area contributed by atoms with Gasteiger partial charge in [-0.15, -0.1) is 0 Å². The predicted octanol–water partition coefficient (Wildman–Crippen LogP) is 0.974. The molecule has 25 heavy (non-hydrogen) atoms. The highest BCUT2D eigenvalue weighted by Gasteiger charge is 2.20. The van der Waals surface area contributed by atoms with Gasteiger partial charge in [0, 0.05) is 49.8 Å². The second-order valence-electron chi connectivity index (χ2n) is 6.41. The van der Waals surface area contributed by atoms with E-state index in [0.29, 0.717) is 30.1 Å². The van der Waals surface area contributed by atoms with Crippen LogP contribution in [0.2, 0.25) is 0 Å². The highest BCUT2D eigenvalue weighted by molar-refractivity contribution is 6.36. The molecule has 4 rings (SSSR count). The first-order valence-corrected chi connectivity index (χ1v) is 8.48. The lowest BCUT2D eigenvalue weighted by Crippen LogP contribution is -2.22. The van der Waals surface area contributed by atoms with Gasteiger partial charge in [-0.25, -0.2) is 4.98 Å². The molecule has 0 aliphatic carbocycles. The molecular weight excluding hydrogens is 317 g/mol. The van der Waals surface area contributed by atoms with Crippen molar-refractivity contribution in [2.24, 2.45) is 0 Å². The van der Waals surface area contributed by atoms with E-state index in [0.717, 1.165) is 43.1 Å². The minimum atomic E-state index is 0.373. The maximum atomic E-state index is 9.59. The van der Waals surface area contributed by atoms with E-state index in [-0.39, 0.29) is 0 Å². The summed E-state index contributed by atoms with van der Waals surface area (Å²) in [6.45, 7) is 2.61. The molecule has 2 aliphatic rings. The van der Waals surface area contributed by atoms with Crippen LogP contribution in [-0.2, 0) is 4.74 Å². The molecule has 0 aromatic carbocycles. The summed E-state index contributed by atoms with van der Waals surface area (Å²) in [5.74, 6) is 1.22. The number of hydrogen-bond donors (Lipinski definition) is 2. The molecule has 0 unspecified atom stereocenters. The van der Waals surface area contributed by atoms with Gasteiger partial charge >= 0.3 is 0 Å². The zero-order valence-electron chi connectivity index (χ0n) is 13.9. The van der Waals surface area contributed by atoms with Crippen LogP contribution in [0.25, 0.3) is 5.65 Å². The fourth-order valence-corrected chi connectivity index (χ4v) is 3.24. The summed E-state index contributed by atoms with van der Waals surface area (Å²) in [6, 6.07) is 2.05. The molecule has 2 radical (unpaired) electrons. The van der Waals surface area contributed by atoms with Crippen LogP contribution in [-0.4, -0.2) is 59.0 Å². The molecule has 0 amide bonds. The number of fused-ring (bicyclic) bond motifs is 1. The predicted molar refractivity (Wildman–Crippen MR) is 95.4 cm³/mol. The summed E-state index contributed by atoms with van der Waals surface area (Å²) in [4.78, 5) is 4.73. The van der Waals surface area contributed by atoms with E-state index in [1.807, 2.05) is 18.2 Å². The molecule has 0 saturated carbocycles. The zero-order valence-corrected chi connectivity index (χ0v) is 13.9. The van der Waals surface area contributed by atoms with Crippen molar-refractivity contribution in [3.63, 3.8) is 0 Å². The Bertz CT molecular complexity index is 826. The summed E-state index contributed by atoms with van der Waals surface area (Å²) in [6.07, 6.45) is 9.00. The summed E-state index contributed by atoms with van der Waals surface area (Å²) in [5.41, 5.74) is 3.33. The van der Waals surface area contributed by atoms with Crippen molar-refractivity contribution in [3.8, 4) is 0 Å². The Morgan fingerprint density at radius 1 is 1.36 bits per heavy atom. The third-order valence-corrected chi connectivity index (χ3v) is 4.61. The van der Waals surface area contributed by atoms with Crippen molar-refractivity contribution in [1.29, 1.82) is 0 Å². The third kappa shape index (κ3) is 3.40. The summed E-state index contributed by atoms with van der Waals surface area (Å²) >= 11 is 0. The molecule has 1 fully saturated rings. The van der Waals surface area contributed by atoms with E-state index in [1.54, 1.807) is 16.9 Å². The van der Waals surface area contributed by atoms with Gasteiger partial charge in [-0.3, -0.25) is 10.3 Å². The van der Waals surface area contributed by atoms with Crippen LogP contribution in [0.3, 0.4) is 0 Å². The number of aromatic nitrogens is 3. The summed E-state index contributed by atoms with van der Waals surface area (Å²) < 4.78 is 7.19. The average molecular weight is 337 g/mol. The lowest BCUT2D eigenvalue weighted by atomic mass is 9.95. The molecule has 0 bridgehead atoms. The fraction of sp³-hybridized carbons (Fsp3) is 0.412. The van der Waals surface area contributed by atoms with Gasteiger partial charge in [0.15, 0.2) is 0 Å². The average Bonchev–Trinajstić information content (AvgIpc) is 3.02.